The van der Waals surface area contributed by atoms with Crippen molar-refractivity contribution >= 4 is 5.69 Å². The van der Waals surface area contributed by atoms with Gasteiger partial charge in [0, 0.05) is 12.6 Å². The van der Waals surface area contributed by atoms with Gasteiger partial charge in [0.15, 0.2) is 0 Å². The Balaban J connectivity index is 2.42. The Morgan fingerprint density at radius 3 is 2.88 bits per heavy atom. The number of hydrogen-bond acceptors (Lipinski definition) is 2. The van der Waals surface area contributed by atoms with Crippen molar-refractivity contribution in [2.75, 3.05) is 11.4 Å². The molecule has 2 rings (SSSR count). The van der Waals surface area contributed by atoms with Gasteiger partial charge in [-0.15, -0.1) is 0 Å². The predicted molar refractivity (Wildman–Crippen MR) is 66.6 cm³/mol. The minimum absolute atomic E-state index is 0.557. The summed E-state index contributed by atoms with van der Waals surface area (Å²) in [5, 5.41) is 9.18. The van der Waals surface area contributed by atoms with Crippen LogP contribution in [-0.2, 0) is 0 Å². The third-order valence-electron chi connectivity index (χ3n) is 3.45. The molecule has 1 fully saturated rings. The van der Waals surface area contributed by atoms with Gasteiger partial charge in [0.2, 0.25) is 0 Å². The Kier molecular flexibility index (Phi) is 3.14. The fourth-order valence-electron chi connectivity index (χ4n) is 2.56. The number of nitriles is 1. The van der Waals surface area contributed by atoms with Crippen molar-refractivity contribution in [1.82, 2.24) is 0 Å². The van der Waals surface area contributed by atoms with Crippen molar-refractivity contribution in [3.63, 3.8) is 0 Å². The highest BCUT2D eigenvalue weighted by atomic mass is 15.2. The van der Waals surface area contributed by atoms with Gasteiger partial charge in [0.05, 0.1) is 11.3 Å². The molecule has 1 atom stereocenters. The normalized spacial score (nSPS) is 20.6. The van der Waals surface area contributed by atoms with E-state index in [0.29, 0.717) is 6.04 Å². The van der Waals surface area contributed by atoms with E-state index in [9.17, 15) is 5.26 Å². The van der Waals surface area contributed by atoms with Crippen molar-refractivity contribution in [1.29, 1.82) is 5.26 Å². The molecule has 1 aliphatic rings. The minimum Gasteiger partial charge on any atom is -0.368 e. The highest BCUT2D eigenvalue weighted by Crippen LogP contribution is 2.30. The zero-order valence-corrected chi connectivity index (χ0v) is 10.0. The first kappa shape index (κ1) is 11.0. The first-order valence-corrected chi connectivity index (χ1v) is 6.00. The van der Waals surface area contributed by atoms with Crippen LogP contribution in [0.5, 0.6) is 0 Å². The van der Waals surface area contributed by atoms with Crippen molar-refractivity contribution < 1.29 is 0 Å². The summed E-state index contributed by atoms with van der Waals surface area (Å²) in [7, 11) is 0. The van der Waals surface area contributed by atoms with Crippen LogP contribution in [0.3, 0.4) is 0 Å². The van der Waals surface area contributed by atoms with E-state index in [1.54, 1.807) is 0 Å². The number of nitrogens with zero attached hydrogens (tertiary/aromatic N) is 2. The Morgan fingerprint density at radius 2 is 2.19 bits per heavy atom. The summed E-state index contributed by atoms with van der Waals surface area (Å²) in [5.41, 5.74) is 3.18. The molecule has 0 bridgehead atoms. The van der Waals surface area contributed by atoms with Crippen molar-refractivity contribution in [2.24, 2.45) is 0 Å². The summed E-state index contributed by atoms with van der Waals surface area (Å²) in [4.78, 5) is 2.40. The summed E-state index contributed by atoms with van der Waals surface area (Å²) in [5.74, 6) is 0. The molecule has 0 N–H and O–H groups in total. The van der Waals surface area contributed by atoms with Gasteiger partial charge in [-0.05, 0) is 44.7 Å². The van der Waals surface area contributed by atoms with Gasteiger partial charge in [-0.25, -0.2) is 0 Å². The summed E-state index contributed by atoms with van der Waals surface area (Å²) in [6.07, 6.45) is 3.79. The molecule has 84 valence electrons. The number of benzene rings is 1. The molecule has 1 heterocycles. The lowest BCUT2D eigenvalue weighted by atomic mass is 9.99. The summed E-state index contributed by atoms with van der Waals surface area (Å²) in [6.45, 7) is 5.44. The van der Waals surface area contributed by atoms with Crippen LogP contribution < -0.4 is 4.90 Å². The molecule has 1 aliphatic heterocycles. The average molecular weight is 214 g/mol. The van der Waals surface area contributed by atoms with Gasteiger partial charge >= 0.3 is 0 Å². The first-order valence-electron chi connectivity index (χ1n) is 6.00. The van der Waals surface area contributed by atoms with Crippen molar-refractivity contribution in [3.05, 3.63) is 29.3 Å². The van der Waals surface area contributed by atoms with E-state index in [0.717, 1.165) is 17.8 Å². The zero-order valence-electron chi connectivity index (χ0n) is 10.0. The molecule has 0 radical (unpaired) electrons. The molecule has 1 saturated heterocycles. The van der Waals surface area contributed by atoms with Crippen LogP contribution in [0.1, 0.15) is 37.3 Å². The van der Waals surface area contributed by atoms with Crippen LogP contribution in [0, 0.1) is 18.3 Å². The number of para-hydroxylation sites is 1. The summed E-state index contributed by atoms with van der Waals surface area (Å²) >= 11 is 0. The molecule has 1 aromatic carbocycles. The van der Waals surface area contributed by atoms with Gasteiger partial charge in [0.1, 0.15) is 6.07 Å². The van der Waals surface area contributed by atoms with E-state index in [4.69, 9.17) is 0 Å². The molecule has 2 nitrogen and oxygen atoms in total. The van der Waals surface area contributed by atoms with E-state index >= 15 is 0 Å². The Labute approximate surface area is 97.5 Å². The van der Waals surface area contributed by atoms with Crippen LogP contribution >= 0.6 is 0 Å². The fourth-order valence-corrected chi connectivity index (χ4v) is 2.56. The fraction of sp³-hybridized carbons (Fsp3) is 0.500. The number of hydrogen-bond donors (Lipinski definition) is 0. The molecule has 0 amide bonds. The second-order valence-corrected chi connectivity index (χ2v) is 4.62. The number of piperidine rings is 1. The SMILES string of the molecule is Cc1cccc(C#N)c1N1CCCCC1C. The largest absolute Gasteiger partial charge is 0.368 e. The highest BCUT2D eigenvalue weighted by Gasteiger charge is 2.22. The van der Waals surface area contributed by atoms with Crippen LogP contribution in [0.15, 0.2) is 18.2 Å². The average Bonchev–Trinajstić information content (AvgIpc) is 2.30. The molecular weight excluding hydrogens is 196 g/mol. The third-order valence-corrected chi connectivity index (χ3v) is 3.45. The Morgan fingerprint density at radius 1 is 1.38 bits per heavy atom. The molecule has 0 aromatic heterocycles. The van der Waals surface area contributed by atoms with Crippen molar-refractivity contribution in [2.45, 2.75) is 39.2 Å². The van der Waals surface area contributed by atoms with E-state index in [1.165, 1.54) is 24.8 Å². The van der Waals surface area contributed by atoms with Crippen LogP contribution in [-0.4, -0.2) is 12.6 Å². The van der Waals surface area contributed by atoms with Gasteiger partial charge in [0.25, 0.3) is 0 Å². The van der Waals surface area contributed by atoms with Gasteiger partial charge in [-0.1, -0.05) is 12.1 Å². The lowest BCUT2D eigenvalue weighted by Gasteiger charge is -2.36. The lowest BCUT2D eigenvalue weighted by Crippen LogP contribution is -2.38. The summed E-state index contributed by atoms with van der Waals surface area (Å²) in [6, 6.07) is 8.85. The second-order valence-electron chi connectivity index (χ2n) is 4.62. The smallest absolute Gasteiger partial charge is 0.101 e. The maximum absolute atomic E-state index is 9.18. The van der Waals surface area contributed by atoms with Crippen LogP contribution in [0.4, 0.5) is 5.69 Å². The summed E-state index contributed by atoms with van der Waals surface area (Å²) < 4.78 is 0. The quantitative estimate of drug-likeness (QED) is 0.717. The topological polar surface area (TPSA) is 27.0 Å². The maximum atomic E-state index is 9.18. The van der Waals surface area contributed by atoms with E-state index in [-0.39, 0.29) is 0 Å². The number of anilines is 1. The van der Waals surface area contributed by atoms with Crippen LogP contribution in [0.2, 0.25) is 0 Å². The van der Waals surface area contributed by atoms with Gasteiger partial charge in [-0.3, -0.25) is 0 Å². The van der Waals surface area contributed by atoms with E-state index in [1.807, 2.05) is 12.1 Å². The Bertz CT molecular complexity index is 417. The van der Waals surface area contributed by atoms with Gasteiger partial charge < -0.3 is 4.90 Å². The maximum Gasteiger partial charge on any atom is 0.101 e. The molecule has 0 aliphatic carbocycles. The molecule has 0 saturated carbocycles. The molecular formula is C14H18N2. The number of aryl methyl sites for hydroxylation is 1. The van der Waals surface area contributed by atoms with E-state index in [2.05, 4.69) is 30.9 Å². The standard InChI is InChI=1S/C14H18N2/c1-11-6-5-8-13(10-15)14(11)16-9-4-3-7-12(16)2/h5-6,8,12H,3-4,7,9H2,1-2H3. The molecule has 2 heteroatoms. The molecule has 1 aromatic rings. The van der Waals surface area contributed by atoms with Crippen LogP contribution in [0.25, 0.3) is 0 Å². The minimum atomic E-state index is 0.557. The zero-order chi connectivity index (χ0) is 11.5. The van der Waals surface area contributed by atoms with Crippen molar-refractivity contribution in [3.8, 4) is 6.07 Å². The lowest BCUT2D eigenvalue weighted by molar-refractivity contribution is 0.484. The molecule has 1 unspecified atom stereocenters. The highest BCUT2D eigenvalue weighted by molar-refractivity contribution is 5.64. The number of rotatable bonds is 1. The molecule has 0 spiro atoms. The molecule has 16 heavy (non-hydrogen) atoms. The predicted octanol–water partition coefficient (Wildman–Crippen LogP) is 3.25. The monoisotopic (exact) mass is 214 g/mol. The van der Waals surface area contributed by atoms with Gasteiger partial charge in [-0.2, -0.15) is 5.26 Å². The second kappa shape index (κ2) is 4.57. The Hall–Kier alpha value is -1.49. The first-order chi connectivity index (χ1) is 7.74. The van der Waals surface area contributed by atoms with E-state index < -0.39 is 0 Å². The third kappa shape index (κ3) is 1.90.